The molecule has 0 spiro atoms. The summed E-state index contributed by atoms with van der Waals surface area (Å²) in [6, 6.07) is 4.78. The van der Waals surface area contributed by atoms with E-state index >= 15 is 0 Å². The van der Waals surface area contributed by atoms with Gasteiger partial charge >= 0.3 is 0 Å². The predicted octanol–water partition coefficient (Wildman–Crippen LogP) is 16.9. The van der Waals surface area contributed by atoms with E-state index < -0.39 is 0 Å². The molecule has 9 heterocycles. The molecule has 52 heavy (non-hydrogen) atoms. The van der Waals surface area contributed by atoms with Crippen molar-refractivity contribution in [1.82, 2.24) is 0 Å². The molecule has 0 atom stereocenters. The van der Waals surface area contributed by atoms with Crippen LogP contribution in [0.4, 0.5) is 0 Å². The van der Waals surface area contributed by atoms with Gasteiger partial charge in [0.1, 0.15) is 0 Å². The van der Waals surface area contributed by atoms with Gasteiger partial charge in [-0.05, 0) is 0 Å². The molecule has 270 valence electrons. The predicted molar refractivity (Wildman–Crippen MR) is 274 cm³/mol. The molecule has 0 aromatic rings. The highest BCUT2D eigenvalue weighted by molar-refractivity contribution is 8.46. The van der Waals surface area contributed by atoms with Crippen molar-refractivity contribution >= 4 is 235 Å². The molecule has 0 aliphatic carbocycles. The van der Waals surface area contributed by atoms with Crippen LogP contribution in [-0.4, -0.2) is 46.0 Å². The van der Waals surface area contributed by atoms with E-state index in [2.05, 4.69) is 12.1 Å². The molecule has 22 heteroatoms. The summed E-state index contributed by atoms with van der Waals surface area (Å²) in [5.74, 6) is 8.75. The van der Waals surface area contributed by atoms with Gasteiger partial charge in [-0.15, -0.1) is 94.1 Å². The average molecular weight is 1050 g/mol. The summed E-state index contributed by atoms with van der Waals surface area (Å²) in [5, 5.41) is 19.0. The van der Waals surface area contributed by atoms with Crippen LogP contribution in [0, 0.1) is 22.7 Å². The van der Waals surface area contributed by atoms with Crippen LogP contribution in [0.3, 0.4) is 0 Å². The molecule has 0 unspecified atom stereocenters. The fourth-order valence-electron chi connectivity index (χ4n) is 4.67. The summed E-state index contributed by atoms with van der Waals surface area (Å²) < 4.78 is 20.1. The highest BCUT2D eigenvalue weighted by Crippen LogP contribution is 2.74. The fourth-order valence-corrected chi connectivity index (χ4v) is 35.0. The molecule has 0 aromatic heterocycles. The Kier molecular flexibility index (Phi) is 15.4. The number of rotatable bonds is 8. The summed E-state index contributed by atoms with van der Waals surface area (Å²) >= 11 is 39.5. The van der Waals surface area contributed by atoms with Crippen molar-refractivity contribution in [2.45, 2.75) is 12.8 Å². The molecule has 0 fully saturated rings. The molecule has 0 radical (unpaired) electrons. The van der Waals surface area contributed by atoms with Gasteiger partial charge in [0, 0.05) is 78.5 Å². The summed E-state index contributed by atoms with van der Waals surface area (Å²) in [6.45, 7) is 0. The molecule has 0 amide bonds. The van der Waals surface area contributed by atoms with Gasteiger partial charge in [0.25, 0.3) is 0 Å². The smallest absolute Gasteiger partial charge is 0.0717 e. The van der Waals surface area contributed by atoms with Crippen LogP contribution >= 0.6 is 235 Å². The molecule has 0 saturated heterocycles. The SMILES string of the molecule is N#CCCSC1=C(C2=C(C3=C(SCCC#N)SC(=C4SC5=C(SCCS5)S4)S3)SC(=C3SC4=C(SCCS4)S3)S2)SC(=C2SC3=C(SCCS3)S2)S1. The maximum Gasteiger partial charge on any atom is 0.0717 e. The summed E-state index contributed by atoms with van der Waals surface area (Å²) in [7, 11) is 0. The van der Waals surface area contributed by atoms with E-state index in [1.165, 1.54) is 113 Å². The normalized spacial score (nSPS) is 25.1. The van der Waals surface area contributed by atoms with E-state index in [0.29, 0.717) is 12.8 Å². The quantitative estimate of drug-likeness (QED) is 0.217. The number of hydrogen-bond acceptors (Lipinski definition) is 22. The first-order valence-electron chi connectivity index (χ1n) is 15.2. The second-order valence-electron chi connectivity index (χ2n) is 10.2. The van der Waals surface area contributed by atoms with E-state index in [-0.39, 0.29) is 0 Å². The second-order valence-corrected chi connectivity index (χ2v) is 34.9. The number of hydrogen-bond donors (Lipinski definition) is 0. The lowest BCUT2D eigenvalue weighted by atomic mass is 10.4. The highest BCUT2D eigenvalue weighted by atomic mass is 32.3. The lowest BCUT2D eigenvalue weighted by molar-refractivity contribution is 1.24. The Labute approximate surface area is 389 Å². The van der Waals surface area contributed by atoms with E-state index in [0.717, 1.165) is 11.5 Å². The zero-order valence-electron chi connectivity index (χ0n) is 26.1. The lowest BCUT2D eigenvalue weighted by Crippen LogP contribution is -1.88. The van der Waals surface area contributed by atoms with Gasteiger partial charge in [-0.1, -0.05) is 141 Å². The van der Waals surface area contributed by atoms with Gasteiger partial charge in [-0.2, -0.15) is 10.5 Å². The summed E-state index contributed by atoms with van der Waals surface area (Å²) in [6.07, 6.45) is 1.10. The Morgan fingerprint density at radius 2 is 0.615 bits per heavy atom. The minimum Gasteiger partial charge on any atom is -0.198 e. The zero-order chi connectivity index (χ0) is 35.0. The van der Waals surface area contributed by atoms with E-state index in [1.807, 2.05) is 235 Å². The lowest BCUT2D eigenvalue weighted by Gasteiger charge is -2.10. The molecule has 9 aliphatic heterocycles. The van der Waals surface area contributed by atoms with Gasteiger partial charge in [0.2, 0.25) is 0 Å². The minimum atomic E-state index is 0.548. The minimum absolute atomic E-state index is 0.548. The summed E-state index contributed by atoms with van der Waals surface area (Å²) in [5.41, 5.74) is 0. The number of thioether (sulfide) groups is 20. The Hall–Kier alpha value is 3.64. The van der Waals surface area contributed by atoms with Crippen molar-refractivity contribution in [1.29, 1.82) is 10.5 Å². The largest absolute Gasteiger partial charge is 0.198 e. The summed E-state index contributed by atoms with van der Waals surface area (Å²) in [4.78, 5) is 5.50. The Morgan fingerprint density at radius 1 is 0.346 bits per heavy atom. The van der Waals surface area contributed by atoms with Crippen LogP contribution in [0.25, 0.3) is 0 Å². The molecule has 0 saturated carbocycles. The third-order valence-corrected chi connectivity index (χ3v) is 36.6. The van der Waals surface area contributed by atoms with Crippen molar-refractivity contribution in [2.24, 2.45) is 0 Å². The Balaban J connectivity index is 1.10. The first-order chi connectivity index (χ1) is 25.6. The molecule has 2 nitrogen and oxygen atoms in total. The van der Waals surface area contributed by atoms with Crippen molar-refractivity contribution in [3.63, 3.8) is 0 Å². The topological polar surface area (TPSA) is 47.6 Å². The molecular weight excluding hydrogens is 1030 g/mol. The van der Waals surface area contributed by atoms with Gasteiger partial charge in [-0.3, -0.25) is 0 Å². The second kappa shape index (κ2) is 19.6. The van der Waals surface area contributed by atoms with Crippen LogP contribution in [0.2, 0.25) is 0 Å². The van der Waals surface area contributed by atoms with Crippen molar-refractivity contribution in [3.05, 3.63) is 78.9 Å². The van der Waals surface area contributed by atoms with Crippen LogP contribution < -0.4 is 0 Å². The van der Waals surface area contributed by atoms with E-state index in [4.69, 9.17) is 0 Å². The molecule has 0 N–H and O–H groups in total. The van der Waals surface area contributed by atoms with Gasteiger partial charge in [-0.25, -0.2) is 0 Å². The maximum atomic E-state index is 9.49. The van der Waals surface area contributed by atoms with Crippen LogP contribution in [0.15, 0.2) is 78.9 Å². The first kappa shape index (κ1) is 41.0. The average Bonchev–Trinajstić information content (AvgIpc) is 4.02. The molecule has 0 bridgehead atoms. The van der Waals surface area contributed by atoms with Gasteiger partial charge in [0.15, 0.2) is 0 Å². The van der Waals surface area contributed by atoms with Gasteiger partial charge in [0.05, 0.1) is 71.5 Å². The maximum absolute atomic E-state index is 9.49. The zero-order valence-corrected chi connectivity index (χ0v) is 42.5. The van der Waals surface area contributed by atoms with Gasteiger partial charge < -0.3 is 0 Å². The van der Waals surface area contributed by atoms with Crippen molar-refractivity contribution in [3.8, 4) is 12.1 Å². The third kappa shape index (κ3) is 9.27. The molecule has 9 rings (SSSR count). The standard InChI is InChI=1S/C30H20N2S20/c31-3-1-5-33-17-15(43-26(45-17)29-49-21-22(50-29)38-10-9-37-21)13-14(42-25(41-13)28-47-19-20(48-28)36-8-7-35-19)16-18(34-6-2-4-32)46-27(44-16)30-51-23-24(52-30)40-12-11-39-23/h1-2,5-12H2. The molecular formula is C30H20N2S20. The first-order valence-corrected chi connectivity index (χ1v) is 32.9. The number of nitriles is 2. The van der Waals surface area contributed by atoms with Crippen molar-refractivity contribution in [2.75, 3.05) is 46.0 Å². The van der Waals surface area contributed by atoms with E-state index in [9.17, 15) is 10.5 Å². The molecule has 9 aliphatic rings. The fraction of sp³-hybridized carbons (Fsp3) is 0.333. The third-order valence-electron chi connectivity index (χ3n) is 6.79. The monoisotopic (exact) mass is 1050 g/mol. The highest BCUT2D eigenvalue weighted by Gasteiger charge is 2.41. The number of nitrogens with zero attached hydrogens (tertiary/aromatic N) is 2. The Morgan fingerprint density at radius 3 is 0.923 bits per heavy atom. The molecule has 0 aromatic carbocycles. The van der Waals surface area contributed by atoms with E-state index in [1.54, 1.807) is 0 Å². The van der Waals surface area contributed by atoms with Crippen molar-refractivity contribution < 1.29 is 0 Å². The van der Waals surface area contributed by atoms with Crippen LogP contribution in [0.5, 0.6) is 0 Å². The Bertz CT molecular complexity index is 1810. The van der Waals surface area contributed by atoms with Crippen LogP contribution in [-0.2, 0) is 0 Å². The van der Waals surface area contributed by atoms with Crippen LogP contribution in [0.1, 0.15) is 12.8 Å².